The van der Waals surface area contributed by atoms with Gasteiger partial charge in [-0.1, -0.05) is 11.8 Å². The number of thioether (sulfide) groups is 1. The lowest BCUT2D eigenvalue weighted by Crippen LogP contribution is -2.28. The molecule has 0 saturated heterocycles. The standard InChI is InChI=1S/C23H18N4O6S/c1-13-4-6-17(32-13)15-10-16(18-3-2-8-29-18)27(26-15)21(28)11-34-23-25-24-22(33-23)14-5-7-19-20(9-14)31-12-30-19/h2-9,16H,10-12H2,1H3. The number of carbonyl (C=O) groups is 1. The third-order valence-electron chi connectivity index (χ3n) is 5.41. The predicted molar refractivity (Wildman–Crippen MR) is 119 cm³/mol. The van der Waals surface area contributed by atoms with Crippen molar-refractivity contribution in [1.29, 1.82) is 0 Å². The number of amides is 1. The lowest BCUT2D eigenvalue weighted by atomic mass is 10.1. The van der Waals surface area contributed by atoms with Crippen LogP contribution in [0.2, 0.25) is 0 Å². The first-order valence-corrected chi connectivity index (χ1v) is 11.5. The van der Waals surface area contributed by atoms with Gasteiger partial charge in [-0.25, -0.2) is 5.01 Å². The molecule has 34 heavy (non-hydrogen) atoms. The zero-order chi connectivity index (χ0) is 23.1. The van der Waals surface area contributed by atoms with E-state index < -0.39 is 0 Å². The highest BCUT2D eigenvalue weighted by Gasteiger charge is 2.36. The van der Waals surface area contributed by atoms with Crippen molar-refractivity contribution in [2.75, 3.05) is 12.5 Å². The van der Waals surface area contributed by atoms with Gasteiger partial charge in [-0.3, -0.25) is 4.79 Å². The van der Waals surface area contributed by atoms with Crippen LogP contribution in [-0.4, -0.2) is 39.4 Å². The highest BCUT2D eigenvalue weighted by atomic mass is 32.2. The molecule has 5 heterocycles. The summed E-state index contributed by atoms with van der Waals surface area (Å²) in [6.07, 6.45) is 2.07. The molecule has 4 aromatic rings. The van der Waals surface area contributed by atoms with Gasteiger partial charge in [0.1, 0.15) is 29.0 Å². The van der Waals surface area contributed by atoms with Crippen LogP contribution < -0.4 is 9.47 Å². The maximum absolute atomic E-state index is 13.1. The summed E-state index contributed by atoms with van der Waals surface area (Å²) in [4.78, 5) is 13.1. The zero-order valence-electron chi connectivity index (χ0n) is 18.0. The van der Waals surface area contributed by atoms with Gasteiger partial charge in [0.05, 0.1) is 12.0 Å². The Morgan fingerprint density at radius 3 is 2.85 bits per heavy atom. The summed E-state index contributed by atoms with van der Waals surface area (Å²) in [5.74, 6) is 3.55. The number of hydrogen-bond acceptors (Lipinski definition) is 10. The van der Waals surface area contributed by atoms with Crippen LogP contribution in [0.15, 0.2) is 72.3 Å². The molecule has 0 saturated carbocycles. The van der Waals surface area contributed by atoms with Crippen molar-refractivity contribution in [2.45, 2.75) is 24.6 Å². The van der Waals surface area contributed by atoms with Crippen LogP contribution in [0.25, 0.3) is 11.5 Å². The molecule has 1 unspecified atom stereocenters. The van der Waals surface area contributed by atoms with E-state index in [0.29, 0.717) is 46.6 Å². The molecule has 1 amide bonds. The van der Waals surface area contributed by atoms with Gasteiger partial charge in [0.25, 0.3) is 11.1 Å². The van der Waals surface area contributed by atoms with Crippen LogP contribution >= 0.6 is 11.8 Å². The molecule has 0 N–H and O–H groups in total. The number of ether oxygens (including phenoxy) is 2. The van der Waals surface area contributed by atoms with Crippen molar-refractivity contribution in [1.82, 2.24) is 15.2 Å². The number of hydrazone groups is 1. The van der Waals surface area contributed by atoms with Crippen molar-refractivity contribution in [3.05, 3.63) is 66.0 Å². The minimum absolute atomic E-state index is 0.0634. The molecule has 2 aliphatic heterocycles. The number of aromatic nitrogens is 2. The van der Waals surface area contributed by atoms with E-state index >= 15 is 0 Å². The average molecular weight is 478 g/mol. The smallest absolute Gasteiger partial charge is 0.277 e. The molecule has 0 bridgehead atoms. The number of carbonyl (C=O) groups excluding carboxylic acids is 1. The van der Waals surface area contributed by atoms with Crippen LogP contribution in [0.1, 0.15) is 29.7 Å². The third kappa shape index (κ3) is 3.83. The number of aryl methyl sites for hydroxylation is 1. The number of benzene rings is 1. The van der Waals surface area contributed by atoms with E-state index in [1.165, 1.54) is 5.01 Å². The first-order chi connectivity index (χ1) is 16.6. The Hall–Kier alpha value is -3.99. The van der Waals surface area contributed by atoms with E-state index in [0.717, 1.165) is 17.5 Å². The quantitative estimate of drug-likeness (QED) is 0.371. The van der Waals surface area contributed by atoms with Gasteiger partial charge in [0.15, 0.2) is 11.5 Å². The summed E-state index contributed by atoms with van der Waals surface area (Å²) < 4.78 is 27.7. The number of fused-ring (bicyclic) bond motifs is 1. The fourth-order valence-electron chi connectivity index (χ4n) is 3.79. The summed E-state index contributed by atoms with van der Waals surface area (Å²) in [5.41, 5.74) is 1.39. The lowest BCUT2D eigenvalue weighted by molar-refractivity contribution is -0.130. The molecule has 1 atom stereocenters. The molecule has 3 aromatic heterocycles. The van der Waals surface area contributed by atoms with Crippen LogP contribution in [0, 0.1) is 6.92 Å². The molecule has 11 heteroatoms. The average Bonchev–Trinajstić information content (AvgIpc) is 3.66. The van der Waals surface area contributed by atoms with E-state index in [2.05, 4.69) is 15.3 Å². The summed E-state index contributed by atoms with van der Waals surface area (Å²) in [6.45, 7) is 2.05. The predicted octanol–water partition coefficient (Wildman–Crippen LogP) is 4.43. The van der Waals surface area contributed by atoms with Gasteiger partial charge in [-0.15, -0.1) is 10.2 Å². The van der Waals surface area contributed by atoms with Crippen molar-refractivity contribution in [3.8, 4) is 23.0 Å². The molecule has 10 nitrogen and oxygen atoms in total. The molecule has 6 rings (SSSR count). The van der Waals surface area contributed by atoms with Crippen LogP contribution in [0.4, 0.5) is 0 Å². The molecule has 2 aliphatic rings. The Balaban J connectivity index is 1.17. The molecule has 1 aromatic carbocycles. The monoisotopic (exact) mass is 478 g/mol. The zero-order valence-corrected chi connectivity index (χ0v) is 18.8. The van der Waals surface area contributed by atoms with Crippen LogP contribution in [0.3, 0.4) is 0 Å². The second-order valence-corrected chi connectivity index (χ2v) is 8.59. The van der Waals surface area contributed by atoms with Gasteiger partial charge >= 0.3 is 0 Å². The molecular formula is C23H18N4O6S. The van der Waals surface area contributed by atoms with Gasteiger partial charge in [-0.05, 0) is 49.4 Å². The lowest BCUT2D eigenvalue weighted by Gasteiger charge is -2.19. The van der Waals surface area contributed by atoms with E-state index in [-0.39, 0.29) is 29.7 Å². The summed E-state index contributed by atoms with van der Waals surface area (Å²) in [7, 11) is 0. The van der Waals surface area contributed by atoms with Gasteiger partial charge in [0.2, 0.25) is 12.7 Å². The molecule has 0 radical (unpaired) electrons. The van der Waals surface area contributed by atoms with Gasteiger partial charge < -0.3 is 22.7 Å². The van der Waals surface area contributed by atoms with Gasteiger partial charge in [0, 0.05) is 12.0 Å². The molecule has 0 aliphatic carbocycles. The Morgan fingerprint density at radius 1 is 1.12 bits per heavy atom. The summed E-state index contributed by atoms with van der Waals surface area (Å²) in [5, 5.41) is 14.4. The van der Waals surface area contributed by atoms with E-state index in [9.17, 15) is 4.79 Å². The highest BCUT2D eigenvalue weighted by molar-refractivity contribution is 7.99. The Kier molecular flexibility index (Phi) is 5.10. The molecular weight excluding hydrogens is 460 g/mol. The Morgan fingerprint density at radius 2 is 2.03 bits per heavy atom. The first-order valence-electron chi connectivity index (χ1n) is 10.5. The van der Waals surface area contributed by atoms with Crippen molar-refractivity contribution in [3.63, 3.8) is 0 Å². The van der Waals surface area contributed by atoms with Crippen molar-refractivity contribution < 1.29 is 27.5 Å². The fourth-order valence-corrected chi connectivity index (χ4v) is 4.40. The minimum Gasteiger partial charge on any atom is -0.467 e. The van der Waals surface area contributed by atoms with Gasteiger partial charge in [-0.2, -0.15) is 5.10 Å². The van der Waals surface area contributed by atoms with E-state index in [1.54, 1.807) is 24.5 Å². The molecule has 0 fully saturated rings. The number of furan rings is 2. The Bertz CT molecular complexity index is 1380. The summed E-state index contributed by atoms with van der Waals surface area (Å²) in [6, 6.07) is 12.4. The number of rotatable bonds is 6. The van der Waals surface area contributed by atoms with E-state index in [4.69, 9.17) is 22.7 Å². The topological polar surface area (TPSA) is 116 Å². The first kappa shape index (κ1) is 20.6. The highest BCUT2D eigenvalue weighted by Crippen LogP contribution is 2.37. The summed E-state index contributed by atoms with van der Waals surface area (Å²) >= 11 is 1.15. The van der Waals surface area contributed by atoms with Crippen LogP contribution in [-0.2, 0) is 4.79 Å². The fraction of sp³-hybridized carbons (Fsp3) is 0.217. The van der Waals surface area contributed by atoms with E-state index in [1.807, 2.05) is 31.2 Å². The molecule has 0 spiro atoms. The van der Waals surface area contributed by atoms with Crippen molar-refractivity contribution >= 4 is 23.4 Å². The number of nitrogens with zero attached hydrogens (tertiary/aromatic N) is 4. The molecule has 172 valence electrons. The van der Waals surface area contributed by atoms with Crippen LogP contribution in [0.5, 0.6) is 11.5 Å². The third-order valence-corrected chi connectivity index (χ3v) is 6.21. The number of hydrogen-bond donors (Lipinski definition) is 0. The second kappa shape index (κ2) is 8.41. The second-order valence-electron chi connectivity index (χ2n) is 7.66. The Labute approximate surface area is 197 Å². The SMILES string of the molecule is Cc1ccc(C2=NN(C(=O)CSc3nnc(-c4ccc5c(c4)OCO5)o3)C(c3ccco3)C2)o1. The van der Waals surface area contributed by atoms with Crippen molar-refractivity contribution in [2.24, 2.45) is 5.10 Å². The maximum atomic E-state index is 13.1. The normalized spacial score (nSPS) is 16.8. The largest absolute Gasteiger partial charge is 0.467 e. The minimum atomic E-state index is -0.351. The maximum Gasteiger partial charge on any atom is 0.277 e.